The van der Waals surface area contributed by atoms with Gasteiger partial charge in [0.05, 0.1) is 0 Å². The van der Waals surface area contributed by atoms with Gasteiger partial charge in [-0.05, 0) is 17.7 Å². The monoisotopic (exact) mass is 208 g/mol. The van der Waals surface area contributed by atoms with Crippen molar-refractivity contribution in [3.05, 3.63) is 52.7 Å². The molecule has 0 spiro atoms. The third-order valence-electron chi connectivity index (χ3n) is 1.92. The second kappa shape index (κ2) is 3.61. The van der Waals surface area contributed by atoms with Gasteiger partial charge in [-0.25, -0.2) is 18.6 Å². The van der Waals surface area contributed by atoms with E-state index in [1.54, 1.807) is 0 Å². The summed E-state index contributed by atoms with van der Waals surface area (Å²) in [5.41, 5.74) is 0.493. The number of halogens is 2. The molecule has 0 bridgehead atoms. The molecule has 76 valence electrons. The van der Waals surface area contributed by atoms with Gasteiger partial charge in [-0.15, -0.1) is 0 Å². The molecule has 2 rings (SSSR count). The quantitative estimate of drug-likeness (QED) is 0.775. The van der Waals surface area contributed by atoms with Crippen LogP contribution in [0.4, 0.5) is 8.78 Å². The molecule has 3 nitrogen and oxygen atoms in total. The first-order valence-electron chi connectivity index (χ1n) is 4.17. The van der Waals surface area contributed by atoms with Crippen molar-refractivity contribution in [2.75, 3.05) is 0 Å². The third-order valence-corrected chi connectivity index (χ3v) is 1.92. The molecule has 0 saturated carbocycles. The van der Waals surface area contributed by atoms with Gasteiger partial charge >= 0.3 is 5.69 Å². The maximum atomic E-state index is 12.9. The highest BCUT2D eigenvalue weighted by atomic mass is 19.2. The predicted octanol–water partition coefficient (Wildman–Crippen LogP) is 1.72. The van der Waals surface area contributed by atoms with Gasteiger partial charge in [-0.3, -0.25) is 0 Å². The Morgan fingerprint density at radius 3 is 2.53 bits per heavy atom. The molecule has 0 amide bonds. The Morgan fingerprint density at radius 1 is 1.13 bits per heavy atom. The van der Waals surface area contributed by atoms with E-state index < -0.39 is 17.3 Å². The minimum absolute atomic E-state index is 0.456. The van der Waals surface area contributed by atoms with E-state index >= 15 is 0 Å². The molecule has 0 saturated heterocycles. The van der Waals surface area contributed by atoms with Crippen LogP contribution in [-0.4, -0.2) is 9.97 Å². The first-order valence-corrected chi connectivity index (χ1v) is 4.17. The van der Waals surface area contributed by atoms with E-state index in [0.29, 0.717) is 11.1 Å². The van der Waals surface area contributed by atoms with Crippen molar-refractivity contribution < 1.29 is 8.78 Å². The summed E-state index contributed by atoms with van der Waals surface area (Å²) in [5.74, 6) is -1.84. The SMILES string of the molecule is O=c1ncc(-c2ccc(F)c(F)c2)c[nH]1. The second-order valence-electron chi connectivity index (χ2n) is 2.94. The molecular formula is C10H6F2N2O. The molecule has 0 radical (unpaired) electrons. The number of aromatic amines is 1. The topological polar surface area (TPSA) is 45.8 Å². The van der Waals surface area contributed by atoms with Crippen LogP contribution in [-0.2, 0) is 0 Å². The molecule has 2 aromatic rings. The Bertz CT molecular complexity index is 531. The maximum Gasteiger partial charge on any atom is 0.344 e. The summed E-state index contributed by atoms with van der Waals surface area (Å²) in [4.78, 5) is 16.5. The van der Waals surface area contributed by atoms with E-state index in [1.165, 1.54) is 18.5 Å². The lowest BCUT2D eigenvalue weighted by atomic mass is 10.1. The van der Waals surface area contributed by atoms with Crippen LogP contribution in [0.1, 0.15) is 0 Å². The van der Waals surface area contributed by atoms with Gasteiger partial charge in [0.25, 0.3) is 0 Å². The fraction of sp³-hybridized carbons (Fsp3) is 0. The molecule has 0 aliphatic rings. The Morgan fingerprint density at radius 2 is 1.93 bits per heavy atom. The van der Waals surface area contributed by atoms with Gasteiger partial charge in [-0.2, -0.15) is 0 Å². The largest absolute Gasteiger partial charge is 0.344 e. The van der Waals surface area contributed by atoms with Crippen LogP contribution in [0.2, 0.25) is 0 Å². The van der Waals surface area contributed by atoms with Gasteiger partial charge in [-0.1, -0.05) is 6.07 Å². The van der Waals surface area contributed by atoms with Gasteiger partial charge < -0.3 is 4.98 Å². The summed E-state index contributed by atoms with van der Waals surface area (Å²) in [6.07, 6.45) is 2.69. The number of nitrogens with one attached hydrogen (secondary N) is 1. The minimum Gasteiger partial charge on any atom is -0.312 e. The highest BCUT2D eigenvalue weighted by molar-refractivity contribution is 5.61. The summed E-state index contributed by atoms with van der Waals surface area (Å²) < 4.78 is 25.5. The van der Waals surface area contributed by atoms with Crippen molar-refractivity contribution in [2.45, 2.75) is 0 Å². The van der Waals surface area contributed by atoms with E-state index in [9.17, 15) is 13.6 Å². The number of benzene rings is 1. The van der Waals surface area contributed by atoms with E-state index in [0.717, 1.165) is 12.1 Å². The standard InChI is InChI=1S/C10H6F2N2O/c11-8-2-1-6(3-9(8)12)7-4-13-10(15)14-5-7/h1-5H,(H,13,14,15). The lowest BCUT2D eigenvalue weighted by Gasteiger charge is -2.00. The fourth-order valence-electron chi connectivity index (χ4n) is 1.18. The van der Waals surface area contributed by atoms with E-state index in [1.807, 2.05) is 0 Å². The number of rotatable bonds is 1. The van der Waals surface area contributed by atoms with Crippen LogP contribution in [0.15, 0.2) is 35.4 Å². The van der Waals surface area contributed by atoms with Gasteiger partial charge in [0.1, 0.15) is 0 Å². The first-order chi connectivity index (χ1) is 7.16. The zero-order valence-electron chi connectivity index (χ0n) is 7.50. The Kier molecular flexibility index (Phi) is 2.29. The zero-order valence-corrected chi connectivity index (χ0v) is 7.50. The van der Waals surface area contributed by atoms with Crippen molar-refractivity contribution in [1.82, 2.24) is 9.97 Å². The first kappa shape index (κ1) is 9.51. The summed E-state index contributed by atoms with van der Waals surface area (Å²) in [6.45, 7) is 0. The van der Waals surface area contributed by atoms with Crippen molar-refractivity contribution >= 4 is 0 Å². The molecule has 15 heavy (non-hydrogen) atoms. The molecule has 0 unspecified atom stereocenters. The molecule has 0 atom stereocenters. The van der Waals surface area contributed by atoms with Crippen LogP contribution in [0, 0.1) is 11.6 Å². The summed E-state index contributed by atoms with van der Waals surface area (Å²) in [7, 11) is 0. The molecule has 1 N–H and O–H groups in total. The van der Waals surface area contributed by atoms with Crippen LogP contribution >= 0.6 is 0 Å². The number of H-pyrrole nitrogens is 1. The van der Waals surface area contributed by atoms with Crippen LogP contribution in [0.25, 0.3) is 11.1 Å². The average molecular weight is 208 g/mol. The molecule has 0 aliphatic carbocycles. The molecule has 1 heterocycles. The minimum atomic E-state index is -0.932. The van der Waals surface area contributed by atoms with Crippen molar-refractivity contribution in [3.8, 4) is 11.1 Å². The Labute approximate surface area is 83.4 Å². The number of nitrogens with zero attached hydrogens (tertiary/aromatic N) is 1. The normalized spacial score (nSPS) is 10.3. The van der Waals surface area contributed by atoms with Crippen molar-refractivity contribution in [2.24, 2.45) is 0 Å². The second-order valence-corrected chi connectivity index (χ2v) is 2.94. The van der Waals surface area contributed by atoms with Crippen LogP contribution < -0.4 is 5.69 Å². The summed E-state index contributed by atoms with van der Waals surface area (Å²) in [6, 6.07) is 3.48. The van der Waals surface area contributed by atoms with E-state index in [4.69, 9.17) is 0 Å². The molecule has 0 aliphatic heterocycles. The van der Waals surface area contributed by atoms with Crippen molar-refractivity contribution in [3.63, 3.8) is 0 Å². The molecule has 1 aromatic heterocycles. The van der Waals surface area contributed by atoms with E-state index in [2.05, 4.69) is 9.97 Å². The highest BCUT2D eigenvalue weighted by Gasteiger charge is 2.04. The van der Waals surface area contributed by atoms with Crippen LogP contribution in [0.3, 0.4) is 0 Å². The molecule has 1 aromatic carbocycles. The Hall–Kier alpha value is -2.04. The summed E-state index contributed by atoms with van der Waals surface area (Å²) >= 11 is 0. The van der Waals surface area contributed by atoms with Crippen LogP contribution in [0.5, 0.6) is 0 Å². The maximum absolute atomic E-state index is 12.9. The fourth-order valence-corrected chi connectivity index (χ4v) is 1.18. The van der Waals surface area contributed by atoms with Gasteiger partial charge in [0.15, 0.2) is 11.6 Å². The molecule has 5 heteroatoms. The van der Waals surface area contributed by atoms with Crippen molar-refractivity contribution in [1.29, 1.82) is 0 Å². The number of aromatic nitrogens is 2. The lowest BCUT2D eigenvalue weighted by molar-refractivity contribution is 0.509. The zero-order chi connectivity index (χ0) is 10.8. The predicted molar refractivity (Wildman–Crippen MR) is 50.2 cm³/mol. The third kappa shape index (κ3) is 1.90. The summed E-state index contributed by atoms with van der Waals surface area (Å²) in [5, 5.41) is 0. The number of hydrogen-bond acceptors (Lipinski definition) is 2. The molecular weight excluding hydrogens is 202 g/mol. The van der Waals surface area contributed by atoms with E-state index in [-0.39, 0.29) is 0 Å². The van der Waals surface area contributed by atoms with Gasteiger partial charge in [0.2, 0.25) is 0 Å². The lowest BCUT2D eigenvalue weighted by Crippen LogP contribution is -2.07. The Balaban J connectivity index is 2.50. The molecule has 0 fully saturated rings. The highest BCUT2D eigenvalue weighted by Crippen LogP contribution is 2.18. The van der Waals surface area contributed by atoms with Gasteiger partial charge in [0, 0.05) is 18.0 Å². The number of hydrogen-bond donors (Lipinski definition) is 1. The average Bonchev–Trinajstić information content (AvgIpc) is 2.23. The smallest absolute Gasteiger partial charge is 0.312 e.